The van der Waals surface area contributed by atoms with Gasteiger partial charge in [-0.25, -0.2) is 9.59 Å². The average Bonchev–Trinajstić information content (AvgIpc) is 3.95. The summed E-state index contributed by atoms with van der Waals surface area (Å²) in [5.74, 6) is -4.91. The third-order valence-corrected chi connectivity index (χ3v) is 12.8. The van der Waals surface area contributed by atoms with Gasteiger partial charge in [-0.05, 0) is 53.9 Å². The Morgan fingerprint density at radius 1 is 0.809 bits per heavy atom. The summed E-state index contributed by atoms with van der Waals surface area (Å²) in [4.78, 5) is 51.5. The van der Waals surface area contributed by atoms with Gasteiger partial charge in [0.25, 0.3) is 5.69 Å². The van der Waals surface area contributed by atoms with E-state index in [4.69, 9.17) is 56.8 Å². The molecule has 15 atom stereocenters. The fraction of sp³-hybridized carbons (Fsp3) is 0.512. The Labute approximate surface area is 384 Å². The number of aliphatic hydroxyl groups excluding tert-OH is 5. The van der Waals surface area contributed by atoms with Gasteiger partial charge in [0.05, 0.1) is 50.1 Å². The number of benzene rings is 3. The van der Waals surface area contributed by atoms with Gasteiger partial charge in [0.2, 0.25) is 18.8 Å². The molecule has 3 aromatic carbocycles. The van der Waals surface area contributed by atoms with E-state index in [1.165, 1.54) is 26.4 Å². The number of aliphatic carboxylic acids is 1. The molecule has 6 N–H and O–H groups in total. The third-order valence-electron chi connectivity index (χ3n) is 12.8. The molecule has 5 aliphatic heterocycles. The SMILES string of the molecule is COc1cc([C@@H]2c3cc4c(cc3[C@@H](OC3OC5COC(C)O[C@H]5C(O)[C@@H]3O)[C@H]3COC(=O)[C@H]23)OCO4)cc(OC)c1OC(=O)N(C)c1cc([N+](=O)[O-])ccc1O[C@@H]1OC(C(=O)O)[C@@H](O)C(O)[C@@H]1O. The first-order valence-electron chi connectivity index (χ1n) is 21.1. The van der Waals surface area contributed by atoms with Crippen LogP contribution in [0.1, 0.15) is 35.6 Å². The number of esters is 1. The van der Waals surface area contributed by atoms with Crippen LogP contribution in [0.4, 0.5) is 16.2 Å². The zero-order valence-electron chi connectivity index (χ0n) is 36.3. The van der Waals surface area contributed by atoms with E-state index in [0.717, 1.165) is 30.1 Å². The number of amides is 1. The van der Waals surface area contributed by atoms with Crippen molar-refractivity contribution in [2.45, 2.75) is 86.6 Å². The highest BCUT2D eigenvalue weighted by Crippen LogP contribution is 2.57. The van der Waals surface area contributed by atoms with E-state index in [-0.39, 0.29) is 48.7 Å². The lowest BCUT2D eigenvalue weighted by atomic mass is 9.66. The van der Waals surface area contributed by atoms with E-state index >= 15 is 0 Å². The van der Waals surface area contributed by atoms with Crippen molar-refractivity contribution in [2.24, 2.45) is 11.8 Å². The van der Waals surface area contributed by atoms with Gasteiger partial charge in [0, 0.05) is 31.0 Å². The van der Waals surface area contributed by atoms with Crippen molar-refractivity contribution in [1.29, 1.82) is 0 Å². The Balaban J connectivity index is 1.04. The van der Waals surface area contributed by atoms with Crippen LogP contribution in [0.3, 0.4) is 0 Å². The van der Waals surface area contributed by atoms with Crippen LogP contribution in [0.2, 0.25) is 0 Å². The van der Waals surface area contributed by atoms with E-state index in [1.54, 1.807) is 19.1 Å². The minimum absolute atomic E-state index is 0.0518. The predicted molar refractivity (Wildman–Crippen MR) is 219 cm³/mol. The number of rotatable bonds is 11. The summed E-state index contributed by atoms with van der Waals surface area (Å²) in [5.41, 5.74) is 0.550. The summed E-state index contributed by atoms with van der Waals surface area (Å²) in [6, 6.07) is 9.34. The quantitative estimate of drug-likeness (QED) is 0.0863. The number of carboxylic acid groups (broad SMARTS) is 1. The molecule has 0 radical (unpaired) electrons. The van der Waals surface area contributed by atoms with E-state index in [0.29, 0.717) is 28.2 Å². The number of cyclic esters (lactones) is 1. The lowest BCUT2D eigenvalue weighted by Gasteiger charge is -2.47. The standard InChI is InChI=1S/C43H46N2O23/c1-15-59-13-27-37(63-15)32(48)34(50)42(65-27)66-35-19-11-24-23(61-14-62-24)10-18(19)28(29-20(35)12-60-40(29)53)16-7-25(57-3)36(26(8-16)58-4)68-43(54)44(2)21-9-17(45(55)56)5-6-22(21)64-41-33(49)30(46)31(47)38(67-41)39(51)52/h5-11,15,20,27-35,37-38,41-42,46-50H,12-14H2,1-4H3,(H,51,52)/t15?,20-,27?,28+,29-,30?,31-,32?,33-,34-,35+,37+,38?,41+,42?/m0/s1. The molecule has 1 amide bonds. The molecular weight excluding hydrogens is 912 g/mol. The first kappa shape index (κ1) is 47.0. The number of nitrogens with zero attached hydrogens (tertiary/aromatic N) is 2. The summed E-state index contributed by atoms with van der Waals surface area (Å²) >= 11 is 0. The van der Waals surface area contributed by atoms with Crippen molar-refractivity contribution < 1.29 is 107 Å². The lowest BCUT2D eigenvalue weighted by Crippen LogP contribution is -2.63. The summed E-state index contributed by atoms with van der Waals surface area (Å²) in [6.07, 6.45) is -19.0. The Morgan fingerprint density at radius 2 is 1.49 bits per heavy atom. The van der Waals surface area contributed by atoms with Crippen molar-refractivity contribution in [3.63, 3.8) is 0 Å². The number of non-ortho nitro benzene ring substituents is 1. The molecule has 25 nitrogen and oxygen atoms in total. The third kappa shape index (κ3) is 8.22. The summed E-state index contributed by atoms with van der Waals surface area (Å²) < 4.78 is 69.3. The minimum atomic E-state index is -2.05. The van der Waals surface area contributed by atoms with Gasteiger partial charge in [-0.15, -0.1) is 0 Å². The van der Waals surface area contributed by atoms with Crippen molar-refractivity contribution in [3.8, 4) is 34.5 Å². The fourth-order valence-corrected chi connectivity index (χ4v) is 9.33. The van der Waals surface area contributed by atoms with Crippen LogP contribution in [-0.2, 0) is 38.0 Å². The number of aliphatic hydroxyl groups is 5. The number of methoxy groups -OCH3 is 2. The molecule has 3 aromatic rings. The largest absolute Gasteiger partial charge is 0.493 e. The second-order valence-corrected chi connectivity index (χ2v) is 16.7. The number of carboxylic acids is 1. The Kier molecular flexibility index (Phi) is 12.7. The Morgan fingerprint density at radius 3 is 2.15 bits per heavy atom. The van der Waals surface area contributed by atoms with Gasteiger partial charge < -0.3 is 87.5 Å². The maximum absolute atomic E-state index is 14.0. The molecule has 5 heterocycles. The van der Waals surface area contributed by atoms with Gasteiger partial charge in [-0.1, -0.05) is 0 Å². The van der Waals surface area contributed by atoms with Crippen molar-refractivity contribution in [1.82, 2.24) is 0 Å². The molecule has 68 heavy (non-hydrogen) atoms. The molecule has 366 valence electrons. The van der Waals surface area contributed by atoms with Gasteiger partial charge in [-0.3, -0.25) is 19.8 Å². The monoisotopic (exact) mass is 958 g/mol. The molecule has 6 unspecified atom stereocenters. The van der Waals surface area contributed by atoms with Crippen molar-refractivity contribution >= 4 is 29.4 Å². The molecule has 4 saturated heterocycles. The molecular formula is C43H46N2O23. The Bertz CT molecular complexity index is 2440. The molecule has 6 aliphatic rings. The molecule has 0 spiro atoms. The highest BCUT2D eigenvalue weighted by molar-refractivity contribution is 5.92. The topological polar surface area (TPSA) is 330 Å². The van der Waals surface area contributed by atoms with E-state index in [2.05, 4.69) is 0 Å². The second kappa shape index (κ2) is 18.4. The van der Waals surface area contributed by atoms with E-state index in [9.17, 15) is 55.1 Å². The predicted octanol–water partition coefficient (Wildman–Crippen LogP) is 0.447. The number of carbonyl (C=O) groups is 3. The maximum Gasteiger partial charge on any atom is 0.419 e. The van der Waals surface area contributed by atoms with Crippen LogP contribution in [0, 0.1) is 22.0 Å². The first-order chi connectivity index (χ1) is 32.5. The molecule has 0 bridgehead atoms. The van der Waals surface area contributed by atoms with Crippen LogP contribution in [-0.4, -0.2) is 163 Å². The maximum atomic E-state index is 14.0. The number of anilines is 1. The van der Waals surface area contributed by atoms with E-state index < -0.39 is 120 Å². The summed E-state index contributed by atoms with van der Waals surface area (Å²) in [6.45, 7) is 1.49. The number of ether oxygens (including phenoxy) is 12. The average molecular weight is 959 g/mol. The number of carbonyl (C=O) groups excluding carboxylic acids is 2. The van der Waals surface area contributed by atoms with Crippen LogP contribution in [0.25, 0.3) is 0 Å². The molecule has 0 saturated carbocycles. The molecule has 1 aliphatic carbocycles. The zero-order chi connectivity index (χ0) is 48.5. The van der Waals surface area contributed by atoms with Gasteiger partial charge in [0.1, 0.15) is 48.5 Å². The van der Waals surface area contributed by atoms with Gasteiger partial charge in [-0.2, -0.15) is 0 Å². The number of fused-ring (bicyclic) bond motifs is 4. The van der Waals surface area contributed by atoms with Crippen LogP contribution >= 0.6 is 0 Å². The smallest absolute Gasteiger partial charge is 0.419 e. The number of nitro groups is 1. The minimum Gasteiger partial charge on any atom is -0.493 e. The number of hydrogen-bond donors (Lipinski definition) is 6. The number of nitro benzene ring substituents is 1. The Hall–Kier alpha value is -6.13. The van der Waals surface area contributed by atoms with E-state index in [1.807, 2.05) is 0 Å². The van der Waals surface area contributed by atoms with Crippen LogP contribution in [0.15, 0.2) is 42.5 Å². The highest BCUT2D eigenvalue weighted by Gasteiger charge is 2.56. The van der Waals surface area contributed by atoms with Crippen molar-refractivity contribution in [3.05, 3.63) is 69.3 Å². The molecule has 25 heteroatoms. The molecule has 0 aromatic heterocycles. The summed E-state index contributed by atoms with van der Waals surface area (Å²) in [7, 11) is 3.70. The molecule has 4 fully saturated rings. The van der Waals surface area contributed by atoms with Crippen LogP contribution in [0.5, 0.6) is 34.5 Å². The van der Waals surface area contributed by atoms with Gasteiger partial charge >= 0.3 is 18.0 Å². The number of hydrogen-bond acceptors (Lipinski definition) is 22. The second-order valence-electron chi connectivity index (χ2n) is 16.7. The highest BCUT2D eigenvalue weighted by atomic mass is 16.8. The summed E-state index contributed by atoms with van der Waals surface area (Å²) in [5, 5.41) is 74.8. The zero-order valence-corrected chi connectivity index (χ0v) is 36.3. The normalized spacial score (nSPS) is 33.5. The first-order valence-corrected chi connectivity index (χ1v) is 21.1. The van der Waals surface area contributed by atoms with Gasteiger partial charge in [0.15, 0.2) is 41.7 Å². The van der Waals surface area contributed by atoms with Crippen LogP contribution < -0.4 is 33.3 Å². The molecule has 9 rings (SSSR count). The van der Waals surface area contributed by atoms with Crippen molar-refractivity contribution in [2.75, 3.05) is 46.2 Å². The fourth-order valence-electron chi connectivity index (χ4n) is 9.33. The lowest BCUT2D eigenvalue weighted by molar-refractivity contribution is -0.384.